The van der Waals surface area contributed by atoms with Crippen molar-refractivity contribution in [2.75, 3.05) is 20.2 Å². The maximum Gasteiger partial charge on any atom is 0.118 e. The molecule has 2 unspecified atom stereocenters. The van der Waals surface area contributed by atoms with Crippen LogP contribution >= 0.6 is 0 Å². The van der Waals surface area contributed by atoms with Crippen LogP contribution in [0.4, 0.5) is 0 Å². The summed E-state index contributed by atoms with van der Waals surface area (Å²) in [5, 5.41) is 13.6. The van der Waals surface area contributed by atoms with Gasteiger partial charge >= 0.3 is 0 Å². The summed E-state index contributed by atoms with van der Waals surface area (Å²) in [4.78, 5) is 0. The van der Waals surface area contributed by atoms with Crippen molar-refractivity contribution < 1.29 is 9.84 Å². The van der Waals surface area contributed by atoms with E-state index in [4.69, 9.17) is 4.74 Å². The van der Waals surface area contributed by atoms with Crippen LogP contribution in [0.3, 0.4) is 0 Å². The van der Waals surface area contributed by atoms with E-state index < -0.39 is 6.10 Å². The lowest BCUT2D eigenvalue weighted by molar-refractivity contribution is 0.174. The fourth-order valence-electron chi connectivity index (χ4n) is 2.48. The second-order valence-electron chi connectivity index (χ2n) is 5.76. The number of ether oxygens (including phenoxy) is 1. The third-order valence-corrected chi connectivity index (χ3v) is 3.90. The lowest BCUT2D eigenvalue weighted by atomic mass is 10.0. The number of hydrogen-bond acceptors (Lipinski definition) is 3. The minimum absolute atomic E-state index is 0.385. The first kappa shape index (κ1) is 16.5. The van der Waals surface area contributed by atoms with Crippen LogP contribution in [-0.4, -0.2) is 25.3 Å². The molecule has 3 heteroatoms. The molecule has 0 spiro atoms. The molecule has 0 aliphatic carbocycles. The Labute approximate surface area is 133 Å². The lowest BCUT2D eigenvalue weighted by Gasteiger charge is -2.16. The Balaban J connectivity index is 1.82. The van der Waals surface area contributed by atoms with Gasteiger partial charge in [0.1, 0.15) is 5.75 Å². The van der Waals surface area contributed by atoms with Crippen molar-refractivity contribution in [3.8, 4) is 5.75 Å². The van der Waals surface area contributed by atoms with Crippen LogP contribution in [0.25, 0.3) is 0 Å². The summed E-state index contributed by atoms with van der Waals surface area (Å²) in [6.07, 6.45) is -0.469. The Kier molecular flexibility index (Phi) is 5.99. The van der Waals surface area contributed by atoms with Crippen LogP contribution in [0.15, 0.2) is 48.5 Å². The van der Waals surface area contributed by atoms with Crippen molar-refractivity contribution >= 4 is 0 Å². The van der Waals surface area contributed by atoms with E-state index in [2.05, 4.69) is 24.4 Å². The predicted octanol–water partition coefficient (Wildman–Crippen LogP) is 3.43. The van der Waals surface area contributed by atoms with Crippen LogP contribution in [-0.2, 0) is 0 Å². The second-order valence-corrected chi connectivity index (χ2v) is 5.76. The molecule has 2 aromatic carbocycles. The molecule has 0 heterocycles. The average Bonchev–Trinajstić information content (AvgIpc) is 2.54. The average molecular weight is 299 g/mol. The summed E-state index contributed by atoms with van der Waals surface area (Å²) >= 11 is 0. The number of benzene rings is 2. The number of aliphatic hydroxyl groups is 1. The Bertz CT molecular complexity index is 580. The van der Waals surface area contributed by atoms with Crippen molar-refractivity contribution in [3.05, 3.63) is 65.2 Å². The third kappa shape index (κ3) is 4.58. The fraction of sp³-hybridized carbons (Fsp3) is 0.368. The van der Waals surface area contributed by atoms with E-state index in [1.54, 1.807) is 7.11 Å². The van der Waals surface area contributed by atoms with E-state index in [1.165, 1.54) is 11.1 Å². The lowest BCUT2D eigenvalue weighted by Crippen LogP contribution is -2.25. The molecule has 0 aliphatic heterocycles. The Morgan fingerprint density at radius 2 is 1.77 bits per heavy atom. The first-order chi connectivity index (χ1) is 10.6. The van der Waals surface area contributed by atoms with E-state index in [9.17, 15) is 5.11 Å². The topological polar surface area (TPSA) is 41.5 Å². The number of aliphatic hydroxyl groups excluding tert-OH is 1. The SMILES string of the molecule is COc1ccc(C(C)CNCC(O)c2cccc(C)c2)cc1. The van der Waals surface area contributed by atoms with Crippen molar-refractivity contribution in [2.45, 2.75) is 25.9 Å². The minimum Gasteiger partial charge on any atom is -0.497 e. The van der Waals surface area contributed by atoms with Gasteiger partial charge in [0.05, 0.1) is 13.2 Å². The molecule has 2 aromatic rings. The maximum absolute atomic E-state index is 10.2. The van der Waals surface area contributed by atoms with Gasteiger partial charge in [-0.2, -0.15) is 0 Å². The molecular weight excluding hydrogens is 274 g/mol. The first-order valence-corrected chi connectivity index (χ1v) is 7.69. The van der Waals surface area contributed by atoms with Crippen LogP contribution in [0, 0.1) is 6.92 Å². The molecular formula is C19H25NO2. The summed E-state index contributed by atoms with van der Waals surface area (Å²) in [5.74, 6) is 1.26. The number of nitrogens with one attached hydrogen (secondary N) is 1. The third-order valence-electron chi connectivity index (χ3n) is 3.90. The Hall–Kier alpha value is -1.84. The Morgan fingerprint density at radius 3 is 2.41 bits per heavy atom. The van der Waals surface area contributed by atoms with Gasteiger partial charge in [0, 0.05) is 13.1 Å². The molecule has 0 aliphatic rings. The van der Waals surface area contributed by atoms with Gasteiger partial charge in [-0.15, -0.1) is 0 Å². The van der Waals surface area contributed by atoms with Crippen molar-refractivity contribution in [2.24, 2.45) is 0 Å². The molecule has 118 valence electrons. The van der Waals surface area contributed by atoms with Crippen LogP contribution < -0.4 is 10.1 Å². The van der Waals surface area contributed by atoms with Crippen molar-refractivity contribution in [1.29, 1.82) is 0 Å². The molecule has 2 N–H and O–H groups in total. The van der Waals surface area contributed by atoms with Gasteiger partial charge in [-0.25, -0.2) is 0 Å². The van der Waals surface area contributed by atoms with Gasteiger partial charge in [-0.1, -0.05) is 48.9 Å². The van der Waals surface area contributed by atoms with Gasteiger partial charge in [-0.3, -0.25) is 0 Å². The smallest absolute Gasteiger partial charge is 0.118 e. The highest BCUT2D eigenvalue weighted by molar-refractivity contribution is 5.29. The van der Waals surface area contributed by atoms with Crippen molar-refractivity contribution in [3.63, 3.8) is 0 Å². The maximum atomic E-state index is 10.2. The molecule has 22 heavy (non-hydrogen) atoms. The van der Waals surface area contributed by atoms with Gasteiger partial charge in [0.15, 0.2) is 0 Å². The van der Waals surface area contributed by atoms with E-state index >= 15 is 0 Å². The van der Waals surface area contributed by atoms with E-state index in [0.29, 0.717) is 12.5 Å². The molecule has 0 bridgehead atoms. The first-order valence-electron chi connectivity index (χ1n) is 7.69. The molecule has 0 saturated carbocycles. The number of rotatable bonds is 7. The number of hydrogen-bond donors (Lipinski definition) is 2. The van der Waals surface area contributed by atoms with Crippen LogP contribution in [0.2, 0.25) is 0 Å². The zero-order valence-corrected chi connectivity index (χ0v) is 13.5. The standard InChI is InChI=1S/C19H25NO2/c1-14-5-4-6-17(11-14)19(21)13-20-12-15(2)16-7-9-18(22-3)10-8-16/h4-11,15,19-21H,12-13H2,1-3H3. The summed E-state index contributed by atoms with van der Waals surface area (Å²) in [5.41, 5.74) is 3.39. The molecule has 0 radical (unpaired) electrons. The Morgan fingerprint density at radius 1 is 1.05 bits per heavy atom. The van der Waals surface area contributed by atoms with E-state index in [-0.39, 0.29) is 0 Å². The highest BCUT2D eigenvalue weighted by Crippen LogP contribution is 2.19. The van der Waals surface area contributed by atoms with Gasteiger partial charge in [0.25, 0.3) is 0 Å². The highest BCUT2D eigenvalue weighted by atomic mass is 16.5. The summed E-state index contributed by atoms with van der Waals surface area (Å²) in [6.45, 7) is 5.60. The largest absolute Gasteiger partial charge is 0.497 e. The number of methoxy groups -OCH3 is 1. The monoisotopic (exact) mass is 299 g/mol. The van der Waals surface area contributed by atoms with Crippen LogP contribution in [0.5, 0.6) is 5.75 Å². The molecule has 0 aromatic heterocycles. The molecule has 3 nitrogen and oxygen atoms in total. The van der Waals surface area contributed by atoms with E-state index in [0.717, 1.165) is 17.9 Å². The highest BCUT2D eigenvalue weighted by Gasteiger charge is 2.09. The normalized spacial score (nSPS) is 13.6. The molecule has 0 fully saturated rings. The molecule has 2 rings (SSSR count). The minimum atomic E-state index is -0.469. The molecule has 0 amide bonds. The van der Waals surface area contributed by atoms with Crippen molar-refractivity contribution in [1.82, 2.24) is 5.32 Å². The van der Waals surface area contributed by atoms with Gasteiger partial charge < -0.3 is 15.2 Å². The van der Waals surface area contributed by atoms with Gasteiger partial charge in [-0.05, 0) is 36.1 Å². The predicted molar refractivity (Wildman–Crippen MR) is 90.4 cm³/mol. The van der Waals surface area contributed by atoms with Gasteiger partial charge in [0.2, 0.25) is 0 Å². The zero-order chi connectivity index (χ0) is 15.9. The second kappa shape index (κ2) is 7.97. The quantitative estimate of drug-likeness (QED) is 0.823. The molecule has 2 atom stereocenters. The van der Waals surface area contributed by atoms with Crippen LogP contribution in [0.1, 0.15) is 35.6 Å². The van der Waals surface area contributed by atoms with E-state index in [1.807, 2.05) is 43.3 Å². The summed E-state index contributed by atoms with van der Waals surface area (Å²) in [7, 11) is 1.67. The molecule has 0 saturated heterocycles. The summed E-state index contributed by atoms with van der Waals surface area (Å²) in [6, 6.07) is 16.1. The zero-order valence-electron chi connectivity index (χ0n) is 13.5. The fourth-order valence-corrected chi connectivity index (χ4v) is 2.48. The summed E-state index contributed by atoms with van der Waals surface area (Å²) < 4.78 is 5.17. The number of aryl methyl sites for hydroxylation is 1.